The Hall–Kier alpha value is -1.04. The van der Waals surface area contributed by atoms with Crippen LogP contribution in [0.3, 0.4) is 0 Å². The lowest BCUT2D eigenvalue weighted by molar-refractivity contribution is 0.405. The summed E-state index contributed by atoms with van der Waals surface area (Å²) in [5.41, 5.74) is 0.976. The van der Waals surface area contributed by atoms with E-state index in [9.17, 15) is 0 Å². The Bertz CT molecular complexity index is 514. The van der Waals surface area contributed by atoms with Crippen LogP contribution in [-0.4, -0.2) is 29.0 Å². The molecule has 4 nitrogen and oxygen atoms in total. The molecule has 20 heavy (non-hydrogen) atoms. The summed E-state index contributed by atoms with van der Waals surface area (Å²) in [6.07, 6.45) is 2.49. The fourth-order valence-electron chi connectivity index (χ4n) is 2.20. The summed E-state index contributed by atoms with van der Waals surface area (Å²) >= 11 is 1.67. The lowest BCUT2D eigenvalue weighted by atomic mass is 10.0. The molecular weight excluding hydrogens is 294 g/mol. The van der Waals surface area contributed by atoms with Crippen LogP contribution in [0.5, 0.6) is 0 Å². The van der Waals surface area contributed by atoms with Gasteiger partial charge in [0.25, 0.3) is 5.22 Å². The molecule has 1 fully saturated rings. The maximum atomic E-state index is 5.69. The summed E-state index contributed by atoms with van der Waals surface area (Å²) in [7, 11) is 0. The van der Waals surface area contributed by atoms with Gasteiger partial charge >= 0.3 is 0 Å². The van der Waals surface area contributed by atoms with Gasteiger partial charge in [-0.25, -0.2) is 0 Å². The molecule has 1 saturated heterocycles. The first-order valence-corrected chi connectivity index (χ1v) is 7.63. The molecule has 2 aromatic rings. The average molecular weight is 312 g/mol. The smallest absolute Gasteiger partial charge is 0.276 e. The standard InChI is InChI=1S/C14H17N3OS.ClH/c1-2-4-12(5-3-1)13-16-17-14(18-13)19-10-11-6-8-15-9-7-11;/h1-5,11,15H,6-10H2;1H. The van der Waals surface area contributed by atoms with Crippen molar-refractivity contribution in [2.24, 2.45) is 5.92 Å². The molecular formula is C14H18ClN3OS. The van der Waals surface area contributed by atoms with Crippen LogP contribution in [0.25, 0.3) is 11.5 Å². The number of nitrogens with zero attached hydrogens (tertiary/aromatic N) is 2. The number of rotatable bonds is 4. The van der Waals surface area contributed by atoms with E-state index in [1.807, 2.05) is 30.3 Å². The maximum Gasteiger partial charge on any atom is 0.276 e. The van der Waals surface area contributed by atoms with Gasteiger partial charge in [0.2, 0.25) is 5.89 Å². The van der Waals surface area contributed by atoms with Gasteiger partial charge in [-0.1, -0.05) is 30.0 Å². The molecule has 1 N–H and O–H groups in total. The van der Waals surface area contributed by atoms with Crippen molar-refractivity contribution in [1.82, 2.24) is 15.5 Å². The number of thioether (sulfide) groups is 1. The minimum Gasteiger partial charge on any atom is -0.411 e. The van der Waals surface area contributed by atoms with Crippen molar-refractivity contribution >= 4 is 24.2 Å². The number of aromatic nitrogens is 2. The molecule has 6 heteroatoms. The highest BCUT2D eigenvalue weighted by atomic mass is 35.5. The summed E-state index contributed by atoms with van der Waals surface area (Å²) in [5.74, 6) is 2.43. The number of hydrogen-bond donors (Lipinski definition) is 1. The third-order valence-corrected chi connectivity index (χ3v) is 4.38. The van der Waals surface area contributed by atoms with Crippen LogP contribution < -0.4 is 5.32 Å². The molecule has 0 amide bonds. The van der Waals surface area contributed by atoms with Gasteiger partial charge in [-0.3, -0.25) is 0 Å². The van der Waals surface area contributed by atoms with Gasteiger partial charge in [0.05, 0.1) is 0 Å². The molecule has 2 heterocycles. The van der Waals surface area contributed by atoms with Crippen LogP contribution in [0.2, 0.25) is 0 Å². The van der Waals surface area contributed by atoms with Crippen molar-refractivity contribution < 1.29 is 4.42 Å². The van der Waals surface area contributed by atoms with Crippen molar-refractivity contribution in [3.8, 4) is 11.5 Å². The Labute approximate surface area is 129 Å². The Kier molecular flexibility index (Phi) is 5.88. The number of nitrogens with one attached hydrogen (secondary N) is 1. The highest BCUT2D eigenvalue weighted by Gasteiger charge is 2.15. The maximum absolute atomic E-state index is 5.69. The lowest BCUT2D eigenvalue weighted by Crippen LogP contribution is -2.28. The molecule has 0 atom stereocenters. The second-order valence-corrected chi connectivity index (χ2v) is 5.71. The van der Waals surface area contributed by atoms with Crippen molar-refractivity contribution in [2.45, 2.75) is 18.1 Å². The van der Waals surface area contributed by atoms with Crippen LogP contribution in [0, 0.1) is 5.92 Å². The van der Waals surface area contributed by atoms with Crippen molar-refractivity contribution in [3.05, 3.63) is 30.3 Å². The quantitative estimate of drug-likeness (QED) is 0.878. The molecule has 0 unspecified atom stereocenters. The molecule has 0 aliphatic carbocycles. The SMILES string of the molecule is Cl.c1ccc(-c2nnc(SCC3CCNCC3)o2)cc1. The fraction of sp³-hybridized carbons (Fsp3) is 0.429. The molecule has 0 spiro atoms. The fourth-order valence-corrected chi connectivity index (χ4v) is 3.15. The predicted octanol–water partition coefficient (Wildman–Crippen LogP) is 3.25. The van der Waals surface area contributed by atoms with Crippen LogP contribution in [0.15, 0.2) is 40.0 Å². The number of halogens is 1. The van der Waals surface area contributed by atoms with E-state index < -0.39 is 0 Å². The third kappa shape index (κ3) is 3.98. The third-order valence-electron chi connectivity index (χ3n) is 3.33. The van der Waals surface area contributed by atoms with E-state index in [1.54, 1.807) is 11.8 Å². The second kappa shape index (κ2) is 7.67. The summed E-state index contributed by atoms with van der Waals surface area (Å²) in [6, 6.07) is 9.89. The summed E-state index contributed by atoms with van der Waals surface area (Å²) in [5, 5.41) is 12.3. The van der Waals surface area contributed by atoms with Gasteiger partial charge < -0.3 is 9.73 Å². The van der Waals surface area contributed by atoms with Crippen LogP contribution in [0.4, 0.5) is 0 Å². The first kappa shape index (κ1) is 15.4. The highest BCUT2D eigenvalue weighted by Crippen LogP contribution is 2.26. The van der Waals surface area contributed by atoms with Gasteiger partial charge in [-0.05, 0) is 44.0 Å². The van der Waals surface area contributed by atoms with Gasteiger partial charge in [0, 0.05) is 11.3 Å². The van der Waals surface area contributed by atoms with Crippen molar-refractivity contribution in [2.75, 3.05) is 18.8 Å². The van der Waals surface area contributed by atoms with Crippen LogP contribution in [-0.2, 0) is 0 Å². The molecule has 0 saturated carbocycles. The molecule has 0 bridgehead atoms. The Morgan fingerprint density at radius 3 is 2.65 bits per heavy atom. The van der Waals surface area contributed by atoms with E-state index in [4.69, 9.17) is 4.42 Å². The van der Waals surface area contributed by atoms with E-state index >= 15 is 0 Å². The van der Waals surface area contributed by atoms with E-state index in [0.29, 0.717) is 11.1 Å². The normalized spacial score (nSPS) is 15.8. The summed E-state index contributed by atoms with van der Waals surface area (Å²) in [6.45, 7) is 2.26. The van der Waals surface area contributed by atoms with Crippen molar-refractivity contribution in [1.29, 1.82) is 0 Å². The Balaban J connectivity index is 0.00000147. The van der Waals surface area contributed by atoms with E-state index in [-0.39, 0.29) is 12.4 Å². The number of benzene rings is 1. The van der Waals surface area contributed by atoms with E-state index in [0.717, 1.165) is 30.3 Å². The highest BCUT2D eigenvalue weighted by molar-refractivity contribution is 7.99. The molecule has 1 aromatic carbocycles. The van der Waals surface area contributed by atoms with Gasteiger partial charge in [0.1, 0.15) is 0 Å². The number of hydrogen-bond acceptors (Lipinski definition) is 5. The molecule has 1 aliphatic rings. The summed E-state index contributed by atoms with van der Waals surface area (Å²) in [4.78, 5) is 0. The molecule has 1 aliphatic heterocycles. The average Bonchev–Trinajstić information content (AvgIpc) is 2.96. The second-order valence-electron chi connectivity index (χ2n) is 4.74. The zero-order chi connectivity index (χ0) is 12.9. The number of piperidine rings is 1. The first-order valence-electron chi connectivity index (χ1n) is 6.64. The topological polar surface area (TPSA) is 51.0 Å². The zero-order valence-electron chi connectivity index (χ0n) is 11.1. The van der Waals surface area contributed by atoms with E-state index in [2.05, 4.69) is 15.5 Å². The lowest BCUT2D eigenvalue weighted by Gasteiger charge is -2.21. The predicted molar refractivity (Wildman–Crippen MR) is 83.3 cm³/mol. The van der Waals surface area contributed by atoms with Crippen molar-refractivity contribution in [3.63, 3.8) is 0 Å². The Morgan fingerprint density at radius 1 is 1.15 bits per heavy atom. The van der Waals surface area contributed by atoms with Gasteiger partial charge in [-0.2, -0.15) is 0 Å². The monoisotopic (exact) mass is 311 g/mol. The Morgan fingerprint density at radius 2 is 1.90 bits per heavy atom. The van der Waals surface area contributed by atoms with Crippen LogP contribution >= 0.6 is 24.2 Å². The van der Waals surface area contributed by atoms with E-state index in [1.165, 1.54) is 12.8 Å². The molecule has 1 aromatic heterocycles. The minimum atomic E-state index is 0. The molecule has 0 radical (unpaired) electrons. The summed E-state index contributed by atoms with van der Waals surface area (Å²) < 4.78 is 5.69. The molecule has 3 rings (SSSR count). The largest absolute Gasteiger partial charge is 0.411 e. The molecule has 108 valence electrons. The van der Waals surface area contributed by atoms with Crippen LogP contribution in [0.1, 0.15) is 12.8 Å². The zero-order valence-corrected chi connectivity index (χ0v) is 12.8. The van der Waals surface area contributed by atoms with Gasteiger partial charge in [-0.15, -0.1) is 22.6 Å². The van der Waals surface area contributed by atoms with Gasteiger partial charge in [0.15, 0.2) is 0 Å². The minimum absolute atomic E-state index is 0. The first-order chi connectivity index (χ1) is 9.42.